The first-order valence-electron chi connectivity index (χ1n) is 14.8. The fourth-order valence-corrected chi connectivity index (χ4v) is 5.73. The second kappa shape index (κ2) is 14.5. The molecule has 0 amide bonds. The molecule has 0 aromatic heterocycles. The molecule has 41 heavy (non-hydrogen) atoms. The van der Waals surface area contributed by atoms with Crippen LogP contribution in [0.5, 0.6) is 5.75 Å². The predicted octanol–water partition coefficient (Wildman–Crippen LogP) is 9.38. The number of rotatable bonds is 10. The second-order valence-corrected chi connectivity index (χ2v) is 11.4. The van der Waals surface area contributed by atoms with E-state index >= 15 is 8.78 Å². The van der Waals surface area contributed by atoms with Gasteiger partial charge in [0.2, 0.25) is 0 Å². The van der Waals surface area contributed by atoms with Crippen LogP contribution in [0, 0.1) is 52.9 Å². The Morgan fingerprint density at radius 3 is 2.15 bits per heavy atom. The molecule has 8 heteroatoms. The van der Waals surface area contributed by atoms with Gasteiger partial charge in [0.1, 0.15) is 0 Å². The molecule has 2 aromatic carbocycles. The third-order valence-corrected chi connectivity index (χ3v) is 8.26. The number of ether oxygens (including phenoxy) is 2. The molecule has 224 valence electrons. The number of benzene rings is 2. The largest absolute Gasteiger partial charge is 0.490 e. The standard InChI is InChI=1S/C33H38F6O2/c1-2-3-4-5-23-12-17-31(28(34)18-23)40-21-24-8-13-26(14-9-24)33(38,39)41-27-15-10-22(11-16-27)6-7-25-19-29(35)32(37)30(36)20-25/h12,17-20,22,24,26-27H,2-5,8-11,13-16,21H2,1H3. The van der Waals surface area contributed by atoms with E-state index in [1.807, 2.05) is 6.07 Å². The number of hydrogen-bond donors (Lipinski definition) is 0. The van der Waals surface area contributed by atoms with E-state index in [2.05, 4.69) is 18.8 Å². The summed E-state index contributed by atoms with van der Waals surface area (Å²) >= 11 is 0. The van der Waals surface area contributed by atoms with E-state index in [0.717, 1.165) is 43.4 Å². The summed E-state index contributed by atoms with van der Waals surface area (Å²) in [7, 11) is 0. The van der Waals surface area contributed by atoms with Gasteiger partial charge in [0.25, 0.3) is 0 Å². The molecule has 0 aliphatic heterocycles. The van der Waals surface area contributed by atoms with Crippen LogP contribution in [0.1, 0.15) is 88.7 Å². The van der Waals surface area contributed by atoms with Crippen molar-refractivity contribution in [2.75, 3.05) is 6.61 Å². The number of alkyl halides is 2. The zero-order valence-corrected chi connectivity index (χ0v) is 23.5. The van der Waals surface area contributed by atoms with Crippen molar-refractivity contribution in [1.29, 1.82) is 0 Å². The zero-order chi connectivity index (χ0) is 29.4. The Hall–Kier alpha value is -2.66. The Labute approximate surface area is 238 Å². The lowest BCUT2D eigenvalue weighted by atomic mass is 9.81. The minimum absolute atomic E-state index is 0.0353. The third kappa shape index (κ3) is 8.91. The first-order valence-corrected chi connectivity index (χ1v) is 14.8. The average molecular weight is 581 g/mol. The average Bonchev–Trinajstić information content (AvgIpc) is 2.95. The van der Waals surface area contributed by atoms with Crippen molar-refractivity contribution < 1.29 is 35.8 Å². The molecule has 0 unspecified atom stereocenters. The van der Waals surface area contributed by atoms with E-state index in [-0.39, 0.29) is 29.0 Å². The van der Waals surface area contributed by atoms with Gasteiger partial charge in [0, 0.05) is 11.5 Å². The molecule has 2 nitrogen and oxygen atoms in total. The summed E-state index contributed by atoms with van der Waals surface area (Å²) in [6.07, 6.45) is 3.88. The van der Waals surface area contributed by atoms with Crippen molar-refractivity contribution in [3.05, 3.63) is 64.7 Å². The fraction of sp³-hybridized carbons (Fsp3) is 0.576. The Morgan fingerprint density at radius 1 is 0.829 bits per heavy atom. The lowest BCUT2D eigenvalue weighted by Crippen LogP contribution is -2.39. The van der Waals surface area contributed by atoms with E-state index in [1.165, 1.54) is 6.07 Å². The van der Waals surface area contributed by atoms with Crippen LogP contribution in [0.25, 0.3) is 0 Å². The van der Waals surface area contributed by atoms with Crippen molar-refractivity contribution in [3.63, 3.8) is 0 Å². The number of unbranched alkanes of at least 4 members (excludes halogenated alkanes) is 2. The molecule has 2 fully saturated rings. The molecule has 2 saturated carbocycles. The highest BCUT2D eigenvalue weighted by Crippen LogP contribution is 2.42. The molecule has 0 saturated heterocycles. The Bertz CT molecular complexity index is 1180. The highest BCUT2D eigenvalue weighted by atomic mass is 19.3. The molecule has 0 spiro atoms. The zero-order valence-electron chi connectivity index (χ0n) is 23.5. The molecule has 0 N–H and O–H groups in total. The van der Waals surface area contributed by atoms with Gasteiger partial charge in [-0.15, -0.1) is 0 Å². The Kier molecular flexibility index (Phi) is 11.1. The summed E-state index contributed by atoms with van der Waals surface area (Å²) in [4.78, 5) is 0. The van der Waals surface area contributed by atoms with Crippen molar-refractivity contribution in [1.82, 2.24) is 0 Å². The van der Waals surface area contributed by atoms with Crippen LogP contribution in [0.2, 0.25) is 0 Å². The maximum atomic E-state index is 15.0. The van der Waals surface area contributed by atoms with E-state index in [4.69, 9.17) is 9.47 Å². The molecule has 2 aliphatic carbocycles. The Balaban J connectivity index is 1.18. The number of hydrogen-bond acceptors (Lipinski definition) is 2. The topological polar surface area (TPSA) is 18.5 Å². The van der Waals surface area contributed by atoms with Gasteiger partial charge in [-0.3, -0.25) is 0 Å². The smallest absolute Gasteiger partial charge is 0.358 e. The second-order valence-electron chi connectivity index (χ2n) is 11.4. The maximum Gasteiger partial charge on any atom is 0.358 e. The van der Waals surface area contributed by atoms with Gasteiger partial charge in [-0.25, -0.2) is 17.6 Å². The first kappa shape index (κ1) is 31.3. The molecule has 4 rings (SSSR count). The van der Waals surface area contributed by atoms with Gasteiger partial charge in [-0.05, 0) is 100.0 Å². The van der Waals surface area contributed by atoms with Crippen LogP contribution < -0.4 is 4.74 Å². The van der Waals surface area contributed by atoms with E-state index < -0.39 is 35.6 Å². The molecule has 0 atom stereocenters. The van der Waals surface area contributed by atoms with Gasteiger partial charge in [-0.1, -0.05) is 37.7 Å². The summed E-state index contributed by atoms with van der Waals surface area (Å²) in [6.45, 7) is 2.42. The summed E-state index contributed by atoms with van der Waals surface area (Å²) in [5.41, 5.74) is 0.985. The van der Waals surface area contributed by atoms with Crippen molar-refractivity contribution >= 4 is 0 Å². The molecule has 0 radical (unpaired) electrons. The predicted molar refractivity (Wildman–Crippen MR) is 146 cm³/mol. The van der Waals surface area contributed by atoms with Crippen LogP contribution >= 0.6 is 0 Å². The van der Waals surface area contributed by atoms with Gasteiger partial charge in [0.05, 0.1) is 18.6 Å². The summed E-state index contributed by atoms with van der Waals surface area (Å²) < 4.78 is 95.4. The molecule has 0 heterocycles. The highest BCUT2D eigenvalue weighted by molar-refractivity contribution is 5.36. The first-order chi connectivity index (χ1) is 19.6. The van der Waals surface area contributed by atoms with Crippen molar-refractivity contribution in [2.45, 2.75) is 96.2 Å². The van der Waals surface area contributed by atoms with Gasteiger partial charge in [0.15, 0.2) is 29.0 Å². The van der Waals surface area contributed by atoms with Gasteiger partial charge in [-0.2, -0.15) is 8.78 Å². The van der Waals surface area contributed by atoms with Crippen LogP contribution in [0.4, 0.5) is 26.3 Å². The number of halogens is 6. The third-order valence-electron chi connectivity index (χ3n) is 8.26. The minimum Gasteiger partial charge on any atom is -0.490 e. The fourth-order valence-electron chi connectivity index (χ4n) is 5.73. The van der Waals surface area contributed by atoms with Crippen LogP contribution in [0.15, 0.2) is 30.3 Å². The van der Waals surface area contributed by atoms with Crippen molar-refractivity contribution in [3.8, 4) is 17.6 Å². The molecule has 2 aromatic rings. The quantitative estimate of drug-likeness (QED) is 0.121. The summed E-state index contributed by atoms with van der Waals surface area (Å²) in [5, 5.41) is 0. The lowest BCUT2D eigenvalue weighted by Gasteiger charge is -2.36. The normalized spacial score (nSPS) is 23.1. The van der Waals surface area contributed by atoms with Crippen LogP contribution in [-0.2, 0) is 11.2 Å². The van der Waals surface area contributed by atoms with Gasteiger partial charge >= 0.3 is 6.11 Å². The van der Waals surface area contributed by atoms with Gasteiger partial charge < -0.3 is 9.47 Å². The maximum absolute atomic E-state index is 15.0. The molecule has 0 bridgehead atoms. The van der Waals surface area contributed by atoms with Crippen LogP contribution in [-0.4, -0.2) is 18.8 Å². The molecular weight excluding hydrogens is 542 g/mol. The monoisotopic (exact) mass is 580 g/mol. The SMILES string of the molecule is CCCCCc1ccc(OCC2CCC(C(F)(F)OC3CCC(C#Cc4cc(F)c(F)c(F)c4)CC3)CC2)c(F)c1. The minimum atomic E-state index is -3.24. The molecular formula is C33H38F6O2. The molecule has 2 aliphatic rings. The highest BCUT2D eigenvalue weighted by Gasteiger charge is 2.44. The van der Waals surface area contributed by atoms with E-state index in [1.54, 1.807) is 6.07 Å². The summed E-state index contributed by atoms with van der Waals surface area (Å²) in [6, 6.07) is 6.75. The number of aryl methyl sites for hydroxylation is 1. The lowest BCUT2D eigenvalue weighted by molar-refractivity contribution is -0.301. The van der Waals surface area contributed by atoms with E-state index in [0.29, 0.717) is 58.0 Å². The van der Waals surface area contributed by atoms with Crippen LogP contribution in [0.3, 0.4) is 0 Å². The van der Waals surface area contributed by atoms with E-state index in [9.17, 15) is 17.6 Å². The van der Waals surface area contributed by atoms with Crippen molar-refractivity contribution in [2.24, 2.45) is 17.8 Å². The summed E-state index contributed by atoms with van der Waals surface area (Å²) in [5.74, 6) is 0.364. The Morgan fingerprint density at radius 2 is 1.51 bits per heavy atom.